The summed E-state index contributed by atoms with van der Waals surface area (Å²) < 4.78 is 11.8. The zero-order valence-electron chi connectivity index (χ0n) is 15.6. The van der Waals surface area contributed by atoms with Crippen molar-refractivity contribution in [3.8, 4) is 5.75 Å². The van der Waals surface area contributed by atoms with Gasteiger partial charge in [0.25, 0.3) is 0 Å². The fraction of sp³-hybridized carbons (Fsp3) is 0.529. The molecule has 0 bridgehead atoms. The van der Waals surface area contributed by atoms with E-state index >= 15 is 0 Å². The predicted octanol–water partition coefficient (Wildman–Crippen LogP) is 3.96. The molecule has 0 N–H and O–H groups in total. The lowest BCUT2D eigenvalue weighted by Gasteiger charge is -2.24. The van der Waals surface area contributed by atoms with Gasteiger partial charge in [-0.2, -0.15) is 0 Å². The van der Waals surface area contributed by atoms with Crippen molar-refractivity contribution in [2.75, 3.05) is 6.23 Å². The molecule has 0 saturated carbocycles. The molecule has 1 rings (SSSR count). The Morgan fingerprint density at radius 2 is 1.70 bits per heavy atom. The topological polar surface area (TPSA) is 18.5 Å². The van der Waals surface area contributed by atoms with Crippen LogP contribution in [0.15, 0.2) is 11.3 Å². The molecule has 1 aromatic rings. The lowest BCUT2D eigenvalue weighted by atomic mass is 9.94. The van der Waals surface area contributed by atoms with E-state index in [1.807, 2.05) is 0 Å². The van der Waals surface area contributed by atoms with E-state index in [4.69, 9.17) is 8.85 Å². The third-order valence-corrected chi connectivity index (χ3v) is 7.08. The second-order valence-electron chi connectivity index (χ2n) is 6.83. The Hall–Kier alpha value is -0.412. The van der Waals surface area contributed by atoms with E-state index in [0.717, 1.165) is 12.0 Å². The van der Waals surface area contributed by atoms with E-state index in [1.165, 1.54) is 33.0 Å². The van der Waals surface area contributed by atoms with Crippen molar-refractivity contribution < 1.29 is 8.85 Å². The zero-order chi connectivity index (χ0) is 17.8. The van der Waals surface area contributed by atoms with Crippen LogP contribution in [0.5, 0.6) is 5.75 Å². The van der Waals surface area contributed by atoms with Gasteiger partial charge in [0.05, 0.1) is 0 Å². The predicted molar refractivity (Wildman–Crippen MR) is 106 cm³/mol. The van der Waals surface area contributed by atoms with Crippen LogP contribution in [0.4, 0.5) is 0 Å². The fourth-order valence-electron chi connectivity index (χ4n) is 2.36. The Balaban J connectivity index is 3.27. The molecule has 0 amide bonds. The second kappa shape index (κ2) is 8.62. The van der Waals surface area contributed by atoms with Gasteiger partial charge in [-0.15, -0.1) is 0 Å². The first kappa shape index (κ1) is 20.6. The van der Waals surface area contributed by atoms with E-state index < -0.39 is 8.32 Å². The van der Waals surface area contributed by atoms with Gasteiger partial charge in [-0.05, 0) is 88.2 Å². The molecule has 7 radical (unpaired) electrons. The summed E-state index contributed by atoms with van der Waals surface area (Å²) in [6.45, 7) is 17.7. The molecule has 0 fully saturated rings. The summed E-state index contributed by atoms with van der Waals surface area (Å²) in [5.74, 6) is 1.05. The smallest absolute Gasteiger partial charge is 0.242 e. The summed E-state index contributed by atoms with van der Waals surface area (Å²) in [6, 6.07) is 2.24. The second-order valence-corrected chi connectivity index (χ2v) is 13.8. The molecule has 23 heavy (non-hydrogen) atoms. The Morgan fingerprint density at radius 1 is 1.09 bits per heavy atom. The molecule has 123 valence electrons. The molecule has 0 atom stereocenters. The third kappa shape index (κ3) is 5.86. The normalized spacial score (nSPS) is 13.1. The van der Waals surface area contributed by atoms with Gasteiger partial charge in [0.2, 0.25) is 17.6 Å². The van der Waals surface area contributed by atoms with Gasteiger partial charge in [0.1, 0.15) is 15.3 Å². The Bertz CT molecular complexity index is 589. The highest BCUT2D eigenvalue weighted by Gasteiger charge is 2.20. The van der Waals surface area contributed by atoms with Crippen LogP contribution in [0, 0.1) is 20.8 Å². The molecule has 2 nitrogen and oxygen atoms in total. The largest absolute Gasteiger partial charge is 0.544 e. The minimum atomic E-state index is -1.62. The summed E-state index contributed by atoms with van der Waals surface area (Å²) >= 11 is 0. The Morgan fingerprint density at radius 3 is 2.22 bits per heavy atom. The highest BCUT2D eigenvalue weighted by Crippen LogP contribution is 2.33. The lowest BCUT2D eigenvalue weighted by molar-refractivity contribution is 0.421. The number of rotatable bonds is 7. The molecule has 0 unspecified atom stereocenters. The van der Waals surface area contributed by atoms with Crippen LogP contribution in [0.3, 0.4) is 0 Å². The first-order valence-electron chi connectivity index (χ1n) is 7.83. The minimum absolute atomic E-state index is 0.377. The maximum atomic E-state index is 6.33. The highest BCUT2D eigenvalue weighted by atomic mass is 29.1. The molecule has 0 heterocycles. The Kier molecular flexibility index (Phi) is 7.73. The van der Waals surface area contributed by atoms with Gasteiger partial charge in [0, 0.05) is 16.0 Å². The van der Waals surface area contributed by atoms with E-state index in [-0.39, 0.29) is 0 Å². The zero-order valence-corrected chi connectivity index (χ0v) is 19.6. The van der Waals surface area contributed by atoms with Gasteiger partial charge in [-0.3, -0.25) is 0 Å². The van der Waals surface area contributed by atoms with E-state index in [0.29, 0.717) is 18.8 Å². The van der Waals surface area contributed by atoms with Crippen molar-refractivity contribution in [3.63, 3.8) is 0 Å². The molecule has 0 aromatic heterocycles. The number of hydrogen-bond donors (Lipinski definition) is 0. The molecule has 0 aliphatic rings. The van der Waals surface area contributed by atoms with Crippen LogP contribution in [0.1, 0.15) is 36.1 Å². The quantitative estimate of drug-likeness (QED) is 0.530. The molecular weight excluding hydrogens is 349 g/mol. The minimum Gasteiger partial charge on any atom is -0.544 e. The summed E-state index contributed by atoms with van der Waals surface area (Å²) in [5, 5.41) is 1.40. The Labute approximate surface area is 151 Å². The van der Waals surface area contributed by atoms with Crippen LogP contribution in [0.25, 0.3) is 5.57 Å². The average Bonchev–Trinajstić information content (AvgIpc) is 2.46. The first-order chi connectivity index (χ1) is 10.6. The van der Waals surface area contributed by atoms with E-state index in [9.17, 15) is 0 Å². The van der Waals surface area contributed by atoms with Gasteiger partial charge in [0.15, 0.2) is 0 Å². The van der Waals surface area contributed by atoms with Crippen LogP contribution in [-0.2, 0) is 4.43 Å². The summed E-state index contributed by atoms with van der Waals surface area (Å²) in [4.78, 5) is 0. The van der Waals surface area contributed by atoms with Gasteiger partial charge >= 0.3 is 0 Å². The standard InChI is InChI=1S/C17H27O2Si4/c1-11-12(2)16(14(4)15(5)21-10-18-22-20)9-17(13(11)3)19-23(6,7)8/h9H,10H2,1-8H3. The summed E-state index contributed by atoms with van der Waals surface area (Å²) in [7, 11) is 2.83. The molecular formula is C17H27O2Si4. The molecule has 0 spiro atoms. The fourth-order valence-corrected chi connectivity index (χ4v) is 5.07. The van der Waals surface area contributed by atoms with Crippen molar-refractivity contribution in [2.45, 2.75) is 54.3 Å². The first-order valence-corrected chi connectivity index (χ1v) is 14.9. The molecule has 6 heteroatoms. The lowest BCUT2D eigenvalue weighted by Crippen LogP contribution is -2.29. The summed E-state index contributed by atoms with van der Waals surface area (Å²) in [5.41, 5.74) is 6.63. The number of hydrogen-bond acceptors (Lipinski definition) is 2. The van der Waals surface area contributed by atoms with Crippen LogP contribution in [-0.4, -0.2) is 43.1 Å². The van der Waals surface area contributed by atoms with E-state index in [2.05, 4.69) is 70.1 Å². The monoisotopic (exact) mass is 375 g/mol. The maximum absolute atomic E-state index is 6.33. The molecule has 1 aromatic carbocycles. The third-order valence-electron chi connectivity index (χ3n) is 4.04. The van der Waals surface area contributed by atoms with Gasteiger partial charge in [-0.1, -0.05) is 5.20 Å². The number of allylic oxidation sites excluding steroid dienone is 2. The van der Waals surface area contributed by atoms with Crippen molar-refractivity contribution in [1.29, 1.82) is 0 Å². The van der Waals surface area contributed by atoms with Crippen molar-refractivity contribution in [1.82, 2.24) is 0 Å². The molecule has 0 aliphatic carbocycles. The van der Waals surface area contributed by atoms with Gasteiger partial charge < -0.3 is 8.85 Å². The maximum Gasteiger partial charge on any atom is 0.242 e. The molecule has 0 saturated heterocycles. The number of benzene rings is 1. The van der Waals surface area contributed by atoms with Crippen molar-refractivity contribution >= 4 is 42.5 Å². The van der Waals surface area contributed by atoms with E-state index in [1.54, 1.807) is 0 Å². The van der Waals surface area contributed by atoms with Crippen molar-refractivity contribution in [2.24, 2.45) is 0 Å². The van der Waals surface area contributed by atoms with Crippen LogP contribution < -0.4 is 4.43 Å². The summed E-state index contributed by atoms with van der Waals surface area (Å²) in [6.07, 6.45) is 0.785. The SMILES string of the molecule is CC([Si]CO[Si][Si])=C(C)c1cc(O[Si](C)(C)C)c(C)c(C)c1C. The van der Waals surface area contributed by atoms with Crippen molar-refractivity contribution in [3.05, 3.63) is 33.5 Å². The van der Waals surface area contributed by atoms with Crippen LogP contribution in [0.2, 0.25) is 19.6 Å². The van der Waals surface area contributed by atoms with Crippen LogP contribution >= 0.6 is 0 Å². The average molecular weight is 376 g/mol. The molecule has 0 aliphatic heterocycles. The highest BCUT2D eigenvalue weighted by molar-refractivity contribution is 6.85. The van der Waals surface area contributed by atoms with Gasteiger partial charge in [-0.25, -0.2) is 0 Å².